The molecule has 1 aromatic carbocycles. The Morgan fingerprint density at radius 1 is 1.44 bits per heavy atom. The van der Waals surface area contributed by atoms with Crippen LogP contribution in [0.1, 0.15) is 37.4 Å². The van der Waals surface area contributed by atoms with Crippen LogP contribution in [0.5, 0.6) is 0 Å². The highest BCUT2D eigenvalue weighted by atomic mass is 35.5. The van der Waals surface area contributed by atoms with E-state index in [1.165, 1.54) is 0 Å². The minimum Gasteiger partial charge on any atom is -0.379 e. The number of morpholine rings is 1. The van der Waals surface area contributed by atoms with Gasteiger partial charge in [0.2, 0.25) is 0 Å². The number of nitrogens with zero attached hydrogens (tertiary/aromatic N) is 1. The molecule has 1 aliphatic carbocycles. The van der Waals surface area contributed by atoms with Crippen molar-refractivity contribution in [1.82, 2.24) is 15.5 Å². The summed E-state index contributed by atoms with van der Waals surface area (Å²) in [6.07, 6.45) is 1.68. The lowest BCUT2D eigenvalue weighted by Crippen LogP contribution is -2.52. The molecule has 5 nitrogen and oxygen atoms in total. The second kappa shape index (κ2) is 8.12. The zero-order valence-electron chi connectivity index (χ0n) is 14.6. The lowest BCUT2D eigenvalue weighted by molar-refractivity contribution is -0.0176. The minimum absolute atomic E-state index is 0.0117. The molecule has 2 aliphatic rings. The molecule has 3 rings (SSSR count). The SMILES string of the molecule is CC(CNC(=O)NC1CCc2c1ccc(Cl)c2Cl)N1CCOCC1C. The molecular weight excluding hydrogens is 361 g/mol. The van der Waals surface area contributed by atoms with Crippen molar-refractivity contribution in [3.8, 4) is 0 Å². The number of benzene rings is 1. The third-order valence-electron chi connectivity index (χ3n) is 5.14. The van der Waals surface area contributed by atoms with E-state index in [-0.39, 0.29) is 18.1 Å². The highest BCUT2D eigenvalue weighted by Gasteiger charge is 2.27. The first-order chi connectivity index (χ1) is 12.0. The average Bonchev–Trinajstić information content (AvgIpc) is 3.00. The molecule has 1 fully saturated rings. The predicted molar refractivity (Wildman–Crippen MR) is 101 cm³/mol. The van der Waals surface area contributed by atoms with Crippen molar-refractivity contribution < 1.29 is 9.53 Å². The number of ether oxygens (including phenoxy) is 1. The van der Waals surface area contributed by atoms with E-state index in [1.54, 1.807) is 6.07 Å². The van der Waals surface area contributed by atoms with Gasteiger partial charge in [-0.2, -0.15) is 0 Å². The Balaban J connectivity index is 1.52. The summed E-state index contributed by atoms with van der Waals surface area (Å²) in [4.78, 5) is 14.7. The van der Waals surface area contributed by atoms with Crippen molar-refractivity contribution in [2.45, 2.75) is 44.8 Å². The zero-order chi connectivity index (χ0) is 18.0. The van der Waals surface area contributed by atoms with Crippen LogP contribution in [0.4, 0.5) is 4.79 Å². The lowest BCUT2D eigenvalue weighted by Gasteiger charge is -2.37. The highest BCUT2D eigenvalue weighted by molar-refractivity contribution is 6.42. The van der Waals surface area contributed by atoms with Crippen LogP contribution in [-0.2, 0) is 11.2 Å². The fourth-order valence-electron chi connectivity index (χ4n) is 3.74. The normalized spacial score (nSPS) is 24.6. The molecule has 1 aromatic rings. The number of hydrogen-bond donors (Lipinski definition) is 2. The largest absolute Gasteiger partial charge is 0.379 e. The van der Waals surface area contributed by atoms with Crippen molar-refractivity contribution >= 4 is 29.2 Å². The monoisotopic (exact) mass is 385 g/mol. The van der Waals surface area contributed by atoms with Gasteiger partial charge >= 0.3 is 6.03 Å². The molecule has 3 unspecified atom stereocenters. The van der Waals surface area contributed by atoms with Crippen molar-refractivity contribution in [3.05, 3.63) is 33.3 Å². The fourth-order valence-corrected chi connectivity index (χ4v) is 4.19. The summed E-state index contributed by atoms with van der Waals surface area (Å²) in [6.45, 7) is 7.30. The van der Waals surface area contributed by atoms with Gasteiger partial charge in [-0.3, -0.25) is 4.90 Å². The van der Waals surface area contributed by atoms with E-state index in [2.05, 4.69) is 29.4 Å². The van der Waals surface area contributed by atoms with Gasteiger partial charge in [-0.25, -0.2) is 4.79 Å². The number of urea groups is 1. The third-order valence-corrected chi connectivity index (χ3v) is 5.98. The zero-order valence-corrected chi connectivity index (χ0v) is 16.2. The van der Waals surface area contributed by atoms with Gasteiger partial charge in [0.15, 0.2) is 0 Å². The molecule has 1 heterocycles. The molecule has 138 valence electrons. The highest BCUT2D eigenvalue weighted by Crippen LogP contribution is 2.38. The van der Waals surface area contributed by atoms with Crippen LogP contribution in [0.25, 0.3) is 0 Å². The van der Waals surface area contributed by atoms with Crippen molar-refractivity contribution in [2.24, 2.45) is 0 Å². The van der Waals surface area contributed by atoms with Gasteiger partial charge in [0.05, 0.1) is 29.3 Å². The molecule has 0 spiro atoms. The predicted octanol–water partition coefficient (Wildman–Crippen LogP) is 3.39. The molecule has 3 atom stereocenters. The molecule has 1 aliphatic heterocycles. The van der Waals surface area contributed by atoms with E-state index >= 15 is 0 Å². The number of nitrogens with one attached hydrogen (secondary N) is 2. The molecule has 0 bridgehead atoms. The van der Waals surface area contributed by atoms with E-state index in [1.807, 2.05) is 6.07 Å². The second-order valence-corrected chi connectivity index (χ2v) is 7.67. The number of halogens is 2. The van der Waals surface area contributed by atoms with E-state index in [0.717, 1.165) is 43.7 Å². The van der Waals surface area contributed by atoms with Crippen molar-refractivity contribution in [2.75, 3.05) is 26.3 Å². The second-order valence-electron chi connectivity index (χ2n) is 6.89. The maximum atomic E-state index is 12.3. The van der Waals surface area contributed by atoms with Crippen LogP contribution in [0.15, 0.2) is 12.1 Å². The Labute approximate surface area is 159 Å². The third kappa shape index (κ3) is 4.22. The fraction of sp³-hybridized carbons (Fsp3) is 0.611. The summed E-state index contributed by atoms with van der Waals surface area (Å²) in [5.41, 5.74) is 2.12. The van der Waals surface area contributed by atoms with Crippen molar-refractivity contribution in [1.29, 1.82) is 0 Å². The standard InChI is InChI=1S/C18H25Cl2N3O2/c1-11(23-7-8-25-10-12(23)2)9-21-18(24)22-16-6-4-14-13(16)3-5-15(19)17(14)20/h3,5,11-12,16H,4,6-10H2,1-2H3,(H2,21,22,24). The van der Waals surface area contributed by atoms with E-state index in [9.17, 15) is 4.79 Å². The van der Waals surface area contributed by atoms with Crippen LogP contribution in [0.3, 0.4) is 0 Å². The van der Waals surface area contributed by atoms with Crippen LogP contribution in [0.2, 0.25) is 10.0 Å². The number of carbonyl (C=O) groups excluding carboxylic acids is 1. The lowest BCUT2D eigenvalue weighted by atomic mass is 10.1. The molecule has 2 amide bonds. The summed E-state index contributed by atoms with van der Waals surface area (Å²) in [5.74, 6) is 0. The topological polar surface area (TPSA) is 53.6 Å². The number of amides is 2. The van der Waals surface area contributed by atoms with Gasteiger partial charge in [0, 0.05) is 25.2 Å². The molecule has 2 N–H and O–H groups in total. The Morgan fingerprint density at radius 2 is 2.24 bits per heavy atom. The number of carbonyl (C=O) groups is 1. The molecule has 1 saturated heterocycles. The van der Waals surface area contributed by atoms with Crippen LogP contribution in [0, 0.1) is 0 Å². The van der Waals surface area contributed by atoms with Gasteiger partial charge in [-0.1, -0.05) is 29.3 Å². The van der Waals surface area contributed by atoms with Crippen LogP contribution >= 0.6 is 23.2 Å². The van der Waals surface area contributed by atoms with Gasteiger partial charge in [0.25, 0.3) is 0 Å². The summed E-state index contributed by atoms with van der Waals surface area (Å²) in [7, 11) is 0. The average molecular weight is 386 g/mol. The Hall–Kier alpha value is -1.01. The maximum Gasteiger partial charge on any atom is 0.315 e. The summed E-state index contributed by atoms with van der Waals surface area (Å²) >= 11 is 12.3. The van der Waals surface area contributed by atoms with Crippen LogP contribution < -0.4 is 10.6 Å². The quantitative estimate of drug-likeness (QED) is 0.834. The van der Waals surface area contributed by atoms with Crippen molar-refractivity contribution in [3.63, 3.8) is 0 Å². The van der Waals surface area contributed by atoms with Gasteiger partial charge in [-0.15, -0.1) is 0 Å². The van der Waals surface area contributed by atoms with Crippen LogP contribution in [-0.4, -0.2) is 49.3 Å². The molecule has 25 heavy (non-hydrogen) atoms. The Morgan fingerprint density at radius 3 is 3.00 bits per heavy atom. The molecule has 7 heteroatoms. The van der Waals surface area contributed by atoms with E-state index in [4.69, 9.17) is 27.9 Å². The number of rotatable bonds is 4. The van der Waals surface area contributed by atoms with Gasteiger partial charge < -0.3 is 15.4 Å². The summed E-state index contributed by atoms with van der Waals surface area (Å²) in [6, 6.07) is 4.25. The van der Waals surface area contributed by atoms with Gasteiger partial charge in [0.1, 0.15) is 0 Å². The Kier molecular flexibility index (Phi) is 6.10. The maximum absolute atomic E-state index is 12.3. The molecule has 0 radical (unpaired) electrons. The first kappa shape index (κ1) is 18.8. The first-order valence-corrected chi connectivity index (χ1v) is 9.57. The number of hydrogen-bond acceptors (Lipinski definition) is 3. The molecule has 0 saturated carbocycles. The van der Waals surface area contributed by atoms with Gasteiger partial charge in [-0.05, 0) is 43.9 Å². The molecular formula is C18H25Cl2N3O2. The summed E-state index contributed by atoms with van der Waals surface area (Å²) < 4.78 is 5.47. The molecule has 0 aromatic heterocycles. The van der Waals surface area contributed by atoms with E-state index < -0.39 is 0 Å². The smallest absolute Gasteiger partial charge is 0.315 e. The van der Waals surface area contributed by atoms with E-state index in [0.29, 0.717) is 22.6 Å². The number of fused-ring (bicyclic) bond motifs is 1. The first-order valence-electron chi connectivity index (χ1n) is 8.82. The minimum atomic E-state index is -0.142. The Bertz CT molecular complexity index is 641. The summed E-state index contributed by atoms with van der Waals surface area (Å²) in [5, 5.41) is 7.23.